The summed E-state index contributed by atoms with van der Waals surface area (Å²) in [6, 6.07) is -0.125. The molecule has 1 fully saturated rings. The predicted octanol–water partition coefficient (Wildman–Crippen LogP) is 2.28. The Hall–Kier alpha value is -1.93. The van der Waals surface area contributed by atoms with Crippen molar-refractivity contribution in [2.24, 2.45) is 7.05 Å². The highest BCUT2D eigenvalue weighted by Crippen LogP contribution is 2.29. The molecule has 2 atom stereocenters. The molecule has 8 heteroatoms. The van der Waals surface area contributed by atoms with Crippen LogP contribution >= 0.6 is 11.3 Å². The molecule has 1 N–H and O–H groups in total. The van der Waals surface area contributed by atoms with Gasteiger partial charge in [-0.1, -0.05) is 6.92 Å². The second kappa shape index (κ2) is 6.90. The minimum absolute atomic E-state index is 0.0509. The summed E-state index contributed by atoms with van der Waals surface area (Å²) >= 11 is 1.56. The van der Waals surface area contributed by atoms with Gasteiger partial charge in [0.15, 0.2) is 0 Å². The van der Waals surface area contributed by atoms with Gasteiger partial charge >= 0.3 is 6.03 Å². The Morgan fingerprint density at radius 3 is 3.04 bits per heavy atom. The summed E-state index contributed by atoms with van der Waals surface area (Å²) in [5.41, 5.74) is 0.446. The fourth-order valence-corrected chi connectivity index (χ4v) is 3.67. The van der Waals surface area contributed by atoms with Crippen LogP contribution in [-0.4, -0.2) is 45.4 Å². The number of urea groups is 1. The molecule has 0 aliphatic carbocycles. The van der Waals surface area contributed by atoms with Crippen molar-refractivity contribution in [3.05, 3.63) is 34.5 Å². The maximum atomic E-state index is 12.7. The summed E-state index contributed by atoms with van der Waals surface area (Å²) in [6.45, 7) is 5.63. The van der Waals surface area contributed by atoms with E-state index >= 15 is 0 Å². The number of aryl methyl sites for hydroxylation is 1. The van der Waals surface area contributed by atoms with Crippen molar-refractivity contribution in [2.45, 2.75) is 31.9 Å². The number of morpholine rings is 1. The van der Waals surface area contributed by atoms with Crippen LogP contribution in [-0.2, 0) is 17.4 Å². The van der Waals surface area contributed by atoms with Crippen LogP contribution in [0.15, 0.2) is 24.0 Å². The molecule has 3 rings (SSSR count). The summed E-state index contributed by atoms with van der Waals surface area (Å²) in [5, 5.41) is 10.2. The fourth-order valence-electron chi connectivity index (χ4n) is 2.90. The molecule has 2 aromatic rings. The number of amides is 2. The van der Waals surface area contributed by atoms with Crippen molar-refractivity contribution in [3.63, 3.8) is 0 Å². The number of aromatic nitrogens is 3. The molecule has 130 valence electrons. The maximum absolute atomic E-state index is 12.7. The van der Waals surface area contributed by atoms with Crippen LogP contribution in [0, 0.1) is 0 Å². The van der Waals surface area contributed by atoms with Gasteiger partial charge in [-0.3, -0.25) is 4.68 Å². The molecule has 0 bridgehead atoms. The van der Waals surface area contributed by atoms with E-state index in [0.717, 1.165) is 17.0 Å². The van der Waals surface area contributed by atoms with Gasteiger partial charge in [0, 0.05) is 36.9 Å². The van der Waals surface area contributed by atoms with Crippen LogP contribution in [0.5, 0.6) is 0 Å². The lowest BCUT2D eigenvalue weighted by Gasteiger charge is -2.40. The number of thiazole rings is 1. The third-order valence-electron chi connectivity index (χ3n) is 4.33. The number of hydrogen-bond donors (Lipinski definition) is 1. The molecular formula is C16H23N5O2S. The van der Waals surface area contributed by atoms with Crippen molar-refractivity contribution >= 4 is 17.4 Å². The van der Waals surface area contributed by atoms with Crippen molar-refractivity contribution in [3.8, 4) is 0 Å². The first-order valence-corrected chi connectivity index (χ1v) is 8.97. The molecule has 0 spiro atoms. The second-order valence-electron chi connectivity index (χ2n) is 6.18. The molecule has 0 saturated carbocycles. The minimum Gasteiger partial charge on any atom is -0.367 e. The van der Waals surface area contributed by atoms with E-state index in [1.165, 1.54) is 0 Å². The van der Waals surface area contributed by atoms with E-state index in [9.17, 15) is 4.79 Å². The third-order valence-corrected chi connectivity index (χ3v) is 5.22. The Kier molecular flexibility index (Phi) is 4.86. The molecule has 7 nitrogen and oxygen atoms in total. The van der Waals surface area contributed by atoms with Gasteiger partial charge in [-0.25, -0.2) is 9.78 Å². The number of ether oxygens (including phenoxy) is 1. The number of nitrogens with one attached hydrogen (secondary N) is 1. The first kappa shape index (κ1) is 16.9. The minimum atomic E-state index is -0.535. The summed E-state index contributed by atoms with van der Waals surface area (Å²) < 4.78 is 7.71. The van der Waals surface area contributed by atoms with E-state index in [2.05, 4.69) is 15.4 Å². The summed E-state index contributed by atoms with van der Waals surface area (Å²) in [7, 11) is 1.88. The van der Waals surface area contributed by atoms with E-state index in [1.54, 1.807) is 28.4 Å². The van der Waals surface area contributed by atoms with Gasteiger partial charge in [-0.15, -0.1) is 11.3 Å². The summed E-state index contributed by atoms with van der Waals surface area (Å²) in [5.74, 6) is 0. The molecule has 3 heterocycles. The lowest BCUT2D eigenvalue weighted by molar-refractivity contribution is -0.0909. The highest BCUT2D eigenvalue weighted by atomic mass is 32.1. The Balaban J connectivity index is 1.69. The molecule has 1 aliphatic rings. The largest absolute Gasteiger partial charge is 0.367 e. The molecule has 0 unspecified atom stereocenters. The van der Waals surface area contributed by atoms with Gasteiger partial charge in [-0.2, -0.15) is 5.10 Å². The third kappa shape index (κ3) is 3.44. The van der Waals surface area contributed by atoms with E-state index in [4.69, 9.17) is 4.74 Å². The Labute approximate surface area is 145 Å². The molecule has 0 aromatic carbocycles. The van der Waals surface area contributed by atoms with Crippen molar-refractivity contribution in [1.82, 2.24) is 25.0 Å². The topological polar surface area (TPSA) is 72.3 Å². The Morgan fingerprint density at radius 1 is 1.58 bits per heavy atom. The molecule has 0 radical (unpaired) electrons. The molecule has 1 aliphatic heterocycles. The van der Waals surface area contributed by atoms with Gasteiger partial charge in [0.05, 0.1) is 25.4 Å². The molecule has 24 heavy (non-hydrogen) atoms. The number of carbonyl (C=O) groups excluding carboxylic acids is 1. The maximum Gasteiger partial charge on any atom is 0.318 e. The van der Waals surface area contributed by atoms with Crippen LogP contribution in [0.25, 0.3) is 0 Å². The quantitative estimate of drug-likeness (QED) is 0.919. The highest BCUT2D eigenvalue weighted by Gasteiger charge is 2.37. The Bertz CT molecular complexity index is 686. The van der Waals surface area contributed by atoms with Crippen molar-refractivity contribution in [1.29, 1.82) is 0 Å². The molecule has 1 saturated heterocycles. The zero-order valence-electron chi connectivity index (χ0n) is 14.2. The first-order valence-electron chi connectivity index (χ1n) is 8.10. The standard InChI is InChI=1S/C16H23N5O2S/c1-4-13(14-17-5-8-24-14)19-15(22)21-6-7-23-16(2,11-21)12-9-18-20(3)10-12/h5,8-10,13H,4,6-7,11H2,1-3H3,(H,19,22)/t13-,16+/m1/s1. The van der Waals surface area contributed by atoms with Gasteiger partial charge in [0.2, 0.25) is 0 Å². The van der Waals surface area contributed by atoms with E-state index in [1.807, 2.05) is 37.4 Å². The van der Waals surface area contributed by atoms with E-state index in [0.29, 0.717) is 19.7 Å². The normalized spacial score (nSPS) is 22.4. The van der Waals surface area contributed by atoms with Gasteiger partial charge in [0.25, 0.3) is 0 Å². The van der Waals surface area contributed by atoms with E-state index < -0.39 is 5.60 Å². The smallest absolute Gasteiger partial charge is 0.318 e. The van der Waals surface area contributed by atoms with Gasteiger partial charge in [0.1, 0.15) is 10.6 Å². The summed E-state index contributed by atoms with van der Waals surface area (Å²) in [6.07, 6.45) is 6.31. The zero-order chi connectivity index (χ0) is 17.2. The van der Waals surface area contributed by atoms with Crippen molar-refractivity contribution < 1.29 is 9.53 Å². The number of nitrogens with zero attached hydrogens (tertiary/aromatic N) is 4. The number of rotatable bonds is 4. The monoisotopic (exact) mass is 349 g/mol. The zero-order valence-corrected chi connectivity index (χ0v) is 15.0. The SMILES string of the molecule is CC[C@@H](NC(=O)N1CCO[C@](C)(c2cnn(C)c2)C1)c1nccs1. The first-order chi connectivity index (χ1) is 11.5. The van der Waals surface area contributed by atoms with Crippen LogP contribution < -0.4 is 5.32 Å². The number of hydrogen-bond acceptors (Lipinski definition) is 5. The summed E-state index contributed by atoms with van der Waals surface area (Å²) in [4.78, 5) is 18.8. The van der Waals surface area contributed by atoms with Crippen LogP contribution in [0.2, 0.25) is 0 Å². The molecule has 2 aromatic heterocycles. The van der Waals surface area contributed by atoms with Gasteiger partial charge < -0.3 is 15.0 Å². The van der Waals surface area contributed by atoms with Crippen LogP contribution in [0.4, 0.5) is 4.79 Å². The fraction of sp³-hybridized carbons (Fsp3) is 0.562. The number of carbonyl (C=O) groups is 1. The molecule has 2 amide bonds. The Morgan fingerprint density at radius 2 is 2.42 bits per heavy atom. The van der Waals surface area contributed by atoms with Crippen molar-refractivity contribution in [2.75, 3.05) is 19.7 Å². The molecular weight excluding hydrogens is 326 g/mol. The highest BCUT2D eigenvalue weighted by molar-refractivity contribution is 7.09. The van der Waals surface area contributed by atoms with Crippen LogP contribution in [0.1, 0.15) is 36.9 Å². The lowest BCUT2D eigenvalue weighted by atomic mass is 9.97. The average Bonchev–Trinajstić information content (AvgIpc) is 3.24. The lowest BCUT2D eigenvalue weighted by Crippen LogP contribution is -2.53. The predicted molar refractivity (Wildman–Crippen MR) is 91.8 cm³/mol. The van der Waals surface area contributed by atoms with Crippen LogP contribution in [0.3, 0.4) is 0 Å². The average molecular weight is 349 g/mol. The van der Waals surface area contributed by atoms with Gasteiger partial charge in [-0.05, 0) is 13.3 Å². The second-order valence-corrected chi connectivity index (χ2v) is 7.11. The van der Waals surface area contributed by atoms with E-state index in [-0.39, 0.29) is 12.1 Å².